The molecule has 4 heteroatoms. The van der Waals surface area contributed by atoms with Gasteiger partial charge in [0, 0.05) is 24.0 Å². The van der Waals surface area contributed by atoms with Gasteiger partial charge in [-0.15, -0.1) is 11.3 Å². The lowest BCUT2D eigenvalue weighted by Crippen LogP contribution is -2.52. The van der Waals surface area contributed by atoms with E-state index in [2.05, 4.69) is 27.5 Å². The van der Waals surface area contributed by atoms with Crippen molar-refractivity contribution >= 4 is 11.3 Å². The Morgan fingerprint density at radius 2 is 2.16 bits per heavy atom. The van der Waals surface area contributed by atoms with Crippen molar-refractivity contribution < 1.29 is 0 Å². The Morgan fingerprint density at radius 1 is 1.32 bits per heavy atom. The van der Waals surface area contributed by atoms with Crippen molar-refractivity contribution in [1.82, 2.24) is 15.2 Å². The first-order valence-electron chi connectivity index (χ1n) is 7.64. The summed E-state index contributed by atoms with van der Waals surface area (Å²) in [5, 5.41) is 7.27. The standard InChI is InChI=1S/C15H25N3S/c1-13-17-14(11-19-13)10-18-9-5-8-16-15(12-18)6-3-2-4-7-15/h11,16H,2-10,12H2,1H3. The molecule has 3 rings (SSSR count). The molecule has 2 aliphatic rings. The molecule has 0 amide bonds. The van der Waals surface area contributed by atoms with E-state index in [1.54, 1.807) is 11.3 Å². The Morgan fingerprint density at radius 3 is 2.89 bits per heavy atom. The summed E-state index contributed by atoms with van der Waals surface area (Å²) in [6.07, 6.45) is 8.21. The average molecular weight is 279 g/mol. The van der Waals surface area contributed by atoms with Gasteiger partial charge in [0.05, 0.1) is 10.7 Å². The molecule has 19 heavy (non-hydrogen) atoms. The van der Waals surface area contributed by atoms with Crippen molar-refractivity contribution in [3.63, 3.8) is 0 Å². The molecule has 106 valence electrons. The van der Waals surface area contributed by atoms with Gasteiger partial charge < -0.3 is 5.32 Å². The Labute approximate surface area is 120 Å². The zero-order chi connectivity index (χ0) is 13.1. The molecule has 2 fully saturated rings. The van der Waals surface area contributed by atoms with Gasteiger partial charge in [0.1, 0.15) is 0 Å². The monoisotopic (exact) mass is 279 g/mol. The highest BCUT2D eigenvalue weighted by Crippen LogP contribution is 2.30. The van der Waals surface area contributed by atoms with Crippen molar-refractivity contribution in [2.45, 2.75) is 57.5 Å². The average Bonchev–Trinajstić information content (AvgIpc) is 2.71. The number of aromatic nitrogens is 1. The van der Waals surface area contributed by atoms with Crippen LogP contribution in [0.25, 0.3) is 0 Å². The van der Waals surface area contributed by atoms with Gasteiger partial charge in [0.15, 0.2) is 0 Å². The van der Waals surface area contributed by atoms with Crippen LogP contribution in [0.1, 0.15) is 49.2 Å². The summed E-state index contributed by atoms with van der Waals surface area (Å²) in [6.45, 7) is 6.75. The molecule has 1 aliphatic carbocycles. The van der Waals surface area contributed by atoms with Crippen LogP contribution in [-0.4, -0.2) is 35.1 Å². The lowest BCUT2D eigenvalue weighted by Gasteiger charge is -2.40. The van der Waals surface area contributed by atoms with Crippen LogP contribution in [0.2, 0.25) is 0 Å². The van der Waals surface area contributed by atoms with Crippen molar-refractivity contribution in [2.75, 3.05) is 19.6 Å². The molecule has 1 saturated carbocycles. The largest absolute Gasteiger partial charge is 0.310 e. The van der Waals surface area contributed by atoms with Crippen LogP contribution in [0, 0.1) is 6.92 Å². The third kappa shape index (κ3) is 3.36. The molecular weight excluding hydrogens is 254 g/mol. The SMILES string of the molecule is Cc1nc(CN2CCCNC3(CCCCC3)C2)cs1. The van der Waals surface area contributed by atoms with E-state index in [1.165, 1.54) is 68.9 Å². The van der Waals surface area contributed by atoms with E-state index in [0.29, 0.717) is 5.54 Å². The van der Waals surface area contributed by atoms with Gasteiger partial charge in [-0.2, -0.15) is 0 Å². The molecule has 1 N–H and O–H groups in total. The molecule has 1 spiro atoms. The lowest BCUT2D eigenvalue weighted by atomic mass is 9.81. The Hall–Kier alpha value is -0.450. The van der Waals surface area contributed by atoms with Crippen LogP contribution in [0.3, 0.4) is 0 Å². The molecule has 1 saturated heterocycles. The summed E-state index contributed by atoms with van der Waals surface area (Å²) in [4.78, 5) is 7.25. The minimum Gasteiger partial charge on any atom is -0.310 e. The van der Waals surface area contributed by atoms with Crippen molar-refractivity contribution in [2.24, 2.45) is 0 Å². The number of thiazole rings is 1. The normalized spacial score (nSPS) is 24.5. The number of hydrogen-bond donors (Lipinski definition) is 1. The first-order valence-corrected chi connectivity index (χ1v) is 8.52. The first-order chi connectivity index (χ1) is 9.26. The number of hydrogen-bond acceptors (Lipinski definition) is 4. The summed E-state index contributed by atoms with van der Waals surface area (Å²) in [5.74, 6) is 0. The van der Waals surface area contributed by atoms with Crippen LogP contribution in [0.15, 0.2) is 5.38 Å². The van der Waals surface area contributed by atoms with E-state index in [1.807, 2.05) is 0 Å². The van der Waals surface area contributed by atoms with Crippen molar-refractivity contribution in [3.8, 4) is 0 Å². The minimum absolute atomic E-state index is 0.403. The van der Waals surface area contributed by atoms with E-state index in [4.69, 9.17) is 0 Å². The Bertz CT molecular complexity index is 409. The lowest BCUT2D eigenvalue weighted by molar-refractivity contribution is 0.158. The molecule has 2 heterocycles. The zero-order valence-electron chi connectivity index (χ0n) is 12.0. The summed E-state index contributed by atoms with van der Waals surface area (Å²) >= 11 is 1.77. The third-order valence-electron chi connectivity index (χ3n) is 4.54. The number of nitrogens with one attached hydrogen (secondary N) is 1. The minimum atomic E-state index is 0.403. The molecule has 0 atom stereocenters. The summed E-state index contributed by atoms with van der Waals surface area (Å²) in [7, 11) is 0. The van der Waals surface area contributed by atoms with E-state index in [0.717, 1.165) is 6.54 Å². The highest BCUT2D eigenvalue weighted by molar-refractivity contribution is 7.09. The van der Waals surface area contributed by atoms with E-state index in [9.17, 15) is 0 Å². The molecule has 0 radical (unpaired) electrons. The Balaban J connectivity index is 1.67. The summed E-state index contributed by atoms with van der Waals surface area (Å²) < 4.78 is 0. The van der Waals surface area contributed by atoms with Gasteiger partial charge in [-0.05, 0) is 39.3 Å². The molecule has 1 aliphatic heterocycles. The topological polar surface area (TPSA) is 28.2 Å². The van der Waals surface area contributed by atoms with Gasteiger partial charge in [-0.3, -0.25) is 4.90 Å². The molecule has 0 aromatic carbocycles. The van der Waals surface area contributed by atoms with Gasteiger partial charge >= 0.3 is 0 Å². The maximum absolute atomic E-state index is 4.63. The highest BCUT2D eigenvalue weighted by atomic mass is 32.1. The quantitative estimate of drug-likeness (QED) is 0.902. The molecule has 1 aromatic rings. The van der Waals surface area contributed by atoms with Crippen LogP contribution in [0.4, 0.5) is 0 Å². The predicted molar refractivity (Wildman–Crippen MR) is 80.6 cm³/mol. The maximum atomic E-state index is 4.63. The van der Waals surface area contributed by atoms with Gasteiger partial charge in [0.2, 0.25) is 0 Å². The van der Waals surface area contributed by atoms with Crippen LogP contribution >= 0.6 is 11.3 Å². The zero-order valence-corrected chi connectivity index (χ0v) is 12.8. The second-order valence-electron chi connectivity index (χ2n) is 6.19. The molecular formula is C15H25N3S. The van der Waals surface area contributed by atoms with E-state index in [-0.39, 0.29) is 0 Å². The van der Waals surface area contributed by atoms with E-state index >= 15 is 0 Å². The second-order valence-corrected chi connectivity index (χ2v) is 7.25. The van der Waals surface area contributed by atoms with Crippen LogP contribution in [0.5, 0.6) is 0 Å². The predicted octanol–water partition coefficient (Wildman–Crippen LogP) is 2.95. The number of rotatable bonds is 2. The van der Waals surface area contributed by atoms with Gasteiger partial charge in [-0.25, -0.2) is 4.98 Å². The summed E-state index contributed by atoms with van der Waals surface area (Å²) in [6, 6.07) is 0. The third-order valence-corrected chi connectivity index (χ3v) is 5.36. The molecule has 3 nitrogen and oxygen atoms in total. The highest BCUT2D eigenvalue weighted by Gasteiger charge is 2.34. The number of nitrogens with zero attached hydrogens (tertiary/aromatic N) is 2. The first kappa shape index (κ1) is 13.5. The maximum Gasteiger partial charge on any atom is 0.0897 e. The van der Waals surface area contributed by atoms with Crippen molar-refractivity contribution in [3.05, 3.63) is 16.1 Å². The van der Waals surface area contributed by atoms with Crippen LogP contribution in [-0.2, 0) is 6.54 Å². The van der Waals surface area contributed by atoms with Crippen LogP contribution < -0.4 is 5.32 Å². The van der Waals surface area contributed by atoms with Gasteiger partial charge in [0.25, 0.3) is 0 Å². The van der Waals surface area contributed by atoms with Crippen molar-refractivity contribution in [1.29, 1.82) is 0 Å². The Kier molecular flexibility index (Phi) is 4.20. The molecule has 0 bridgehead atoms. The van der Waals surface area contributed by atoms with E-state index < -0.39 is 0 Å². The smallest absolute Gasteiger partial charge is 0.0897 e. The molecule has 0 unspecified atom stereocenters. The fourth-order valence-electron chi connectivity index (χ4n) is 3.63. The molecule has 1 aromatic heterocycles. The number of aryl methyl sites for hydroxylation is 1. The second kappa shape index (κ2) is 5.90. The fourth-order valence-corrected chi connectivity index (χ4v) is 4.23. The fraction of sp³-hybridized carbons (Fsp3) is 0.800. The summed E-state index contributed by atoms with van der Waals surface area (Å²) in [5.41, 5.74) is 1.66. The van der Waals surface area contributed by atoms with Gasteiger partial charge in [-0.1, -0.05) is 19.3 Å².